The van der Waals surface area contributed by atoms with E-state index in [1.54, 1.807) is 30.3 Å². The zero-order valence-electron chi connectivity index (χ0n) is 13.4. The van der Waals surface area contributed by atoms with Gasteiger partial charge in [0.15, 0.2) is 0 Å². The number of rotatable bonds is 5. The molecule has 1 aromatic heterocycles. The zero-order valence-corrected chi connectivity index (χ0v) is 13.4. The van der Waals surface area contributed by atoms with Crippen LogP contribution in [0.1, 0.15) is 22.9 Å². The van der Waals surface area contributed by atoms with Crippen molar-refractivity contribution in [2.24, 2.45) is 5.73 Å². The van der Waals surface area contributed by atoms with Crippen LogP contribution >= 0.6 is 0 Å². The van der Waals surface area contributed by atoms with E-state index in [2.05, 4.69) is 4.98 Å². The number of fused-ring (bicyclic) bond motifs is 1. The van der Waals surface area contributed by atoms with Crippen molar-refractivity contribution in [3.05, 3.63) is 65.4 Å². The topological polar surface area (TPSA) is 112 Å². The highest BCUT2D eigenvalue weighted by molar-refractivity contribution is 5.86. The number of nitrogens with zero attached hydrogens (tertiary/aromatic N) is 2. The molecule has 1 heterocycles. The number of aliphatic hydroxyl groups is 1. The third-order valence-electron chi connectivity index (χ3n) is 3.88. The molecular formula is C19H17N3O3. The van der Waals surface area contributed by atoms with Crippen LogP contribution in [-0.4, -0.2) is 21.7 Å². The third-order valence-corrected chi connectivity index (χ3v) is 3.88. The number of hydrogen-bond acceptors (Lipinski definition) is 6. The second kappa shape index (κ2) is 7.18. The van der Waals surface area contributed by atoms with E-state index in [0.29, 0.717) is 17.0 Å². The molecule has 3 aromatic rings. The van der Waals surface area contributed by atoms with Gasteiger partial charge in [-0.15, -0.1) is 0 Å². The molecule has 1 atom stereocenters. The number of aromatic nitrogens is 1. The Labute approximate surface area is 144 Å². The Kier molecular flexibility index (Phi) is 4.80. The summed E-state index contributed by atoms with van der Waals surface area (Å²) >= 11 is 0. The quantitative estimate of drug-likeness (QED) is 0.660. The number of phenols is 1. The zero-order chi connectivity index (χ0) is 17.8. The van der Waals surface area contributed by atoms with Crippen molar-refractivity contribution in [3.8, 4) is 17.6 Å². The molecule has 1 unspecified atom stereocenters. The molecule has 3 rings (SSSR count). The fourth-order valence-electron chi connectivity index (χ4n) is 2.49. The normalized spacial score (nSPS) is 11.9. The predicted octanol–water partition coefficient (Wildman–Crippen LogP) is 2.38. The van der Waals surface area contributed by atoms with E-state index in [9.17, 15) is 15.5 Å². The lowest BCUT2D eigenvalue weighted by molar-refractivity contribution is 0.186. The van der Waals surface area contributed by atoms with Crippen molar-refractivity contribution in [2.45, 2.75) is 12.7 Å². The molecule has 126 valence electrons. The fraction of sp³-hybridized carbons (Fsp3) is 0.158. The minimum atomic E-state index is -0.687. The van der Waals surface area contributed by atoms with Crippen LogP contribution in [-0.2, 0) is 6.61 Å². The van der Waals surface area contributed by atoms with Crippen molar-refractivity contribution in [1.29, 1.82) is 5.26 Å². The van der Waals surface area contributed by atoms with Gasteiger partial charge in [0.25, 0.3) is 0 Å². The lowest BCUT2D eigenvalue weighted by Crippen LogP contribution is -2.11. The van der Waals surface area contributed by atoms with E-state index in [1.807, 2.05) is 18.2 Å². The van der Waals surface area contributed by atoms with E-state index >= 15 is 0 Å². The number of pyridine rings is 1. The summed E-state index contributed by atoms with van der Waals surface area (Å²) in [6.45, 7) is 0.380. The van der Waals surface area contributed by atoms with Gasteiger partial charge in [-0.1, -0.05) is 18.2 Å². The Morgan fingerprint density at radius 3 is 2.52 bits per heavy atom. The Hall–Kier alpha value is -3.14. The first-order valence-corrected chi connectivity index (χ1v) is 7.75. The smallest absolute Gasteiger partial charge is 0.135 e. The van der Waals surface area contributed by atoms with Crippen LogP contribution in [0.3, 0.4) is 0 Å². The summed E-state index contributed by atoms with van der Waals surface area (Å²) in [6.07, 6.45) is -0.687. The van der Waals surface area contributed by atoms with Gasteiger partial charge in [0, 0.05) is 11.9 Å². The van der Waals surface area contributed by atoms with Gasteiger partial charge in [-0.25, -0.2) is 4.98 Å². The molecule has 0 saturated heterocycles. The average molecular weight is 335 g/mol. The summed E-state index contributed by atoms with van der Waals surface area (Å²) in [4.78, 5) is 4.42. The van der Waals surface area contributed by atoms with Gasteiger partial charge in [-0.3, -0.25) is 0 Å². The maximum Gasteiger partial charge on any atom is 0.135 e. The standard InChI is InChI=1S/C19H17N3O3/c20-9-16-17(23)8-4-13-1-5-14(22-19(13)16)11-25-15-6-2-12(3-7-15)18(24)10-21/h1-8,18,23-24H,10-11,21H2. The highest BCUT2D eigenvalue weighted by Crippen LogP contribution is 2.25. The van der Waals surface area contributed by atoms with Crippen LogP contribution in [0.25, 0.3) is 10.9 Å². The Morgan fingerprint density at radius 1 is 1.12 bits per heavy atom. The van der Waals surface area contributed by atoms with Crippen molar-refractivity contribution < 1.29 is 14.9 Å². The predicted molar refractivity (Wildman–Crippen MR) is 92.9 cm³/mol. The molecule has 0 amide bonds. The van der Waals surface area contributed by atoms with Gasteiger partial charge in [-0.05, 0) is 35.9 Å². The molecule has 0 fully saturated rings. The number of ether oxygens (including phenoxy) is 1. The molecule has 25 heavy (non-hydrogen) atoms. The van der Waals surface area contributed by atoms with E-state index < -0.39 is 6.10 Å². The number of nitriles is 1. The van der Waals surface area contributed by atoms with Crippen LogP contribution < -0.4 is 10.5 Å². The summed E-state index contributed by atoms with van der Waals surface area (Å²) in [6, 6.07) is 15.8. The van der Waals surface area contributed by atoms with E-state index in [4.69, 9.17) is 10.5 Å². The lowest BCUT2D eigenvalue weighted by Gasteiger charge is -2.10. The average Bonchev–Trinajstić information content (AvgIpc) is 2.66. The number of benzene rings is 2. The van der Waals surface area contributed by atoms with E-state index in [-0.39, 0.29) is 24.5 Å². The molecule has 4 N–H and O–H groups in total. The first-order valence-electron chi connectivity index (χ1n) is 7.75. The molecule has 2 aromatic carbocycles. The van der Waals surface area contributed by atoms with Gasteiger partial charge in [-0.2, -0.15) is 5.26 Å². The Bertz CT molecular complexity index is 933. The molecule has 0 aliphatic rings. The maximum atomic E-state index is 9.78. The summed E-state index contributed by atoms with van der Waals surface area (Å²) in [5.74, 6) is 0.543. The molecule has 0 aliphatic heterocycles. The van der Waals surface area contributed by atoms with E-state index in [1.165, 1.54) is 6.07 Å². The minimum Gasteiger partial charge on any atom is -0.506 e. The number of aromatic hydroxyl groups is 1. The maximum absolute atomic E-state index is 9.78. The van der Waals surface area contributed by atoms with Crippen LogP contribution in [0.2, 0.25) is 0 Å². The fourth-order valence-corrected chi connectivity index (χ4v) is 2.49. The Morgan fingerprint density at radius 2 is 1.84 bits per heavy atom. The molecule has 0 bridgehead atoms. The molecule has 0 radical (unpaired) electrons. The van der Waals surface area contributed by atoms with Crippen molar-refractivity contribution in [1.82, 2.24) is 4.98 Å². The van der Waals surface area contributed by atoms with Crippen molar-refractivity contribution in [2.75, 3.05) is 6.54 Å². The van der Waals surface area contributed by atoms with Gasteiger partial charge in [0.2, 0.25) is 0 Å². The first kappa shape index (κ1) is 16.7. The molecule has 0 aliphatic carbocycles. The summed E-state index contributed by atoms with van der Waals surface area (Å²) < 4.78 is 5.69. The van der Waals surface area contributed by atoms with Crippen LogP contribution in [0.4, 0.5) is 0 Å². The Balaban J connectivity index is 1.78. The van der Waals surface area contributed by atoms with Gasteiger partial charge >= 0.3 is 0 Å². The van der Waals surface area contributed by atoms with Crippen LogP contribution in [0.5, 0.6) is 11.5 Å². The molecule has 6 nitrogen and oxygen atoms in total. The largest absolute Gasteiger partial charge is 0.506 e. The van der Waals surface area contributed by atoms with Crippen molar-refractivity contribution in [3.63, 3.8) is 0 Å². The van der Waals surface area contributed by atoms with Gasteiger partial charge in [0.05, 0.1) is 17.3 Å². The third kappa shape index (κ3) is 3.53. The molecule has 0 saturated carbocycles. The molecule has 6 heteroatoms. The second-order valence-electron chi connectivity index (χ2n) is 5.56. The number of hydrogen-bond donors (Lipinski definition) is 3. The van der Waals surface area contributed by atoms with Gasteiger partial charge < -0.3 is 20.7 Å². The SMILES string of the molecule is N#Cc1c(O)ccc2ccc(COc3ccc(C(O)CN)cc3)nc12. The molecular weight excluding hydrogens is 318 g/mol. The van der Waals surface area contributed by atoms with Crippen molar-refractivity contribution >= 4 is 10.9 Å². The highest BCUT2D eigenvalue weighted by atomic mass is 16.5. The molecule has 0 spiro atoms. The van der Waals surface area contributed by atoms with Gasteiger partial charge in [0.1, 0.15) is 29.7 Å². The highest BCUT2D eigenvalue weighted by Gasteiger charge is 2.09. The summed E-state index contributed by atoms with van der Waals surface area (Å²) in [5, 5.41) is 29.4. The van der Waals surface area contributed by atoms with E-state index in [0.717, 1.165) is 10.9 Å². The van der Waals surface area contributed by atoms with Crippen LogP contribution in [0.15, 0.2) is 48.5 Å². The summed E-state index contributed by atoms with van der Waals surface area (Å²) in [5.41, 5.74) is 7.40. The lowest BCUT2D eigenvalue weighted by atomic mass is 10.1. The summed E-state index contributed by atoms with van der Waals surface area (Å²) in [7, 11) is 0. The number of nitrogens with two attached hydrogens (primary N) is 1. The first-order chi connectivity index (χ1) is 12.1. The number of phenolic OH excluding ortho intramolecular Hbond substituents is 1. The minimum absolute atomic E-state index is 0.0883. The number of aliphatic hydroxyl groups excluding tert-OH is 1. The van der Waals surface area contributed by atoms with Crippen LogP contribution in [0, 0.1) is 11.3 Å². The monoisotopic (exact) mass is 335 g/mol. The second-order valence-corrected chi connectivity index (χ2v) is 5.56.